The monoisotopic (exact) mass is 297 g/mol. The lowest BCUT2D eigenvalue weighted by Gasteiger charge is -2.17. The summed E-state index contributed by atoms with van der Waals surface area (Å²) in [7, 11) is 0. The van der Waals surface area contributed by atoms with Crippen molar-refractivity contribution in [3.63, 3.8) is 0 Å². The molecule has 0 saturated heterocycles. The van der Waals surface area contributed by atoms with Crippen molar-refractivity contribution in [2.45, 2.75) is 25.3 Å². The highest BCUT2D eigenvalue weighted by Gasteiger charge is 2.33. The molecule has 1 aliphatic carbocycles. The third-order valence-corrected chi connectivity index (χ3v) is 3.69. The first-order chi connectivity index (χ1) is 9.58. The van der Waals surface area contributed by atoms with Gasteiger partial charge < -0.3 is 15.2 Å². The van der Waals surface area contributed by atoms with Crippen molar-refractivity contribution in [1.82, 2.24) is 5.32 Å². The number of halogens is 1. The molecule has 1 saturated carbocycles. The minimum atomic E-state index is -0.861. The van der Waals surface area contributed by atoms with Gasteiger partial charge in [-0.3, -0.25) is 9.59 Å². The van der Waals surface area contributed by atoms with Gasteiger partial charge in [0, 0.05) is 6.04 Å². The highest BCUT2D eigenvalue weighted by molar-refractivity contribution is 6.32. The van der Waals surface area contributed by atoms with E-state index < -0.39 is 11.9 Å². The molecule has 1 aromatic carbocycles. The molecule has 1 aromatic rings. The number of aliphatic carboxylic acids is 1. The highest BCUT2D eigenvalue weighted by Crippen LogP contribution is 2.26. The van der Waals surface area contributed by atoms with Crippen molar-refractivity contribution in [2.75, 3.05) is 6.61 Å². The summed E-state index contributed by atoms with van der Waals surface area (Å²) in [6.45, 7) is -0.174. The fourth-order valence-corrected chi connectivity index (χ4v) is 2.57. The van der Waals surface area contributed by atoms with Crippen molar-refractivity contribution in [1.29, 1.82) is 0 Å². The average Bonchev–Trinajstić information content (AvgIpc) is 2.86. The Morgan fingerprint density at radius 3 is 2.80 bits per heavy atom. The summed E-state index contributed by atoms with van der Waals surface area (Å²) < 4.78 is 5.31. The van der Waals surface area contributed by atoms with Crippen molar-refractivity contribution < 1.29 is 19.4 Å². The normalized spacial score (nSPS) is 21.4. The van der Waals surface area contributed by atoms with Gasteiger partial charge in [0.2, 0.25) is 0 Å². The van der Waals surface area contributed by atoms with Crippen molar-refractivity contribution in [2.24, 2.45) is 5.92 Å². The standard InChI is InChI=1S/C14H16ClNO4/c15-10-5-1-2-7-12(10)20-8-13(17)16-11-6-3-4-9(11)14(18)19/h1-2,5,7,9,11H,3-4,6,8H2,(H,16,17)(H,18,19). The second kappa shape index (κ2) is 6.61. The van der Waals surface area contributed by atoms with Gasteiger partial charge in [-0.15, -0.1) is 0 Å². The molecule has 0 radical (unpaired) electrons. The zero-order valence-corrected chi connectivity index (χ0v) is 11.6. The number of hydrogen-bond donors (Lipinski definition) is 2. The van der Waals surface area contributed by atoms with Gasteiger partial charge in [-0.05, 0) is 25.0 Å². The maximum Gasteiger partial charge on any atom is 0.308 e. The van der Waals surface area contributed by atoms with Crippen LogP contribution in [0.5, 0.6) is 5.75 Å². The number of carboxylic acid groups (broad SMARTS) is 1. The first-order valence-electron chi connectivity index (χ1n) is 6.47. The van der Waals surface area contributed by atoms with Gasteiger partial charge >= 0.3 is 5.97 Å². The molecule has 0 spiro atoms. The number of carbonyl (C=O) groups excluding carboxylic acids is 1. The fraction of sp³-hybridized carbons (Fsp3) is 0.429. The van der Waals surface area contributed by atoms with Crippen LogP contribution in [0, 0.1) is 5.92 Å². The van der Waals surface area contributed by atoms with Crippen LogP contribution in [0.2, 0.25) is 5.02 Å². The van der Waals surface area contributed by atoms with Gasteiger partial charge in [0.1, 0.15) is 5.75 Å². The molecule has 1 fully saturated rings. The number of nitrogens with one attached hydrogen (secondary N) is 1. The Bertz CT molecular complexity index is 506. The third-order valence-electron chi connectivity index (χ3n) is 3.37. The molecule has 0 bridgehead atoms. The molecule has 1 amide bonds. The number of para-hydroxylation sites is 1. The van der Waals surface area contributed by atoms with Gasteiger partial charge in [0.05, 0.1) is 10.9 Å². The van der Waals surface area contributed by atoms with Crippen LogP contribution in [-0.4, -0.2) is 29.6 Å². The maximum absolute atomic E-state index is 11.8. The Morgan fingerprint density at radius 1 is 1.35 bits per heavy atom. The number of ether oxygens (including phenoxy) is 1. The maximum atomic E-state index is 11.8. The van der Waals surface area contributed by atoms with Gasteiger partial charge in [-0.25, -0.2) is 0 Å². The molecule has 6 heteroatoms. The number of rotatable bonds is 5. The second-order valence-corrected chi connectivity index (χ2v) is 5.18. The minimum Gasteiger partial charge on any atom is -0.482 e. The highest BCUT2D eigenvalue weighted by atomic mass is 35.5. The molecule has 108 valence electrons. The predicted molar refractivity (Wildman–Crippen MR) is 73.9 cm³/mol. The molecule has 2 atom stereocenters. The van der Waals surface area contributed by atoms with E-state index in [0.29, 0.717) is 23.6 Å². The number of benzene rings is 1. The summed E-state index contributed by atoms with van der Waals surface area (Å²) in [5.41, 5.74) is 0. The van der Waals surface area contributed by atoms with Crippen molar-refractivity contribution >= 4 is 23.5 Å². The molecule has 2 N–H and O–H groups in total. The molecule has 2 unspecified atom stereocenters. The summed E-state index contributed by atoms with van der Waals surface area (Å²) in [5.74, 6) is -1.26. The molecular formula is C14H16ClNO4. The smallest absolute Gasteiger partial charge is 0.308 e. The van der Waals surface area contributed by atoms with Crippen LogP contribution in [0.1, 0.15) is 19.3 Å². The molecule has 0 aliphatic heterocycles. The first kappa shape index (κ1) is 14.7. The second-order valence-electron chi connectivity index (χ2n) is 4.77. The SMILES string of the molecule is O=C(COc1ccccc1Cl)NC1CCCC1C(=O)O. The van der Waals surface area contributed by atoms with E-state index in [9.17, 15) is 9.59 Å². The zero-order chi connectivity index (χ0) is 14.5. The van der Waals surface area contributed by atoms with Crippen LogP contribution < -0.4 is 10.1 Å². The molecule has 2 rings (SSSR count). The summed E-state index contributed by atoms with van der Waals surface area (Å²) in [6, 6.07) is 6.56. The number of carbonyl (C=O) groups is 2. The Labute approximate surface area is 121 Å². The van der Waals surface area contributed by atoms with Crippen LogP contribution >= 0.6 is 11.6 Å². The van der Waals surface area contributed by atoms with Gasteiger partial charge in [0.15, 0.2) is 6.61 Å². The summed E-state index contributed by atoms with van der Waals surface area (Å²) in [5, 5.41) is 12.2. The lowest BCUT2D eigenvalue weighted by molar-refractivity contribution is -0.142. The van der Waals surface area contributed by atoms with Crippen LogP contribution in [0.25, 0.3) is 0 Å². The van der Waals surface area contributed by atoms with Crippen molar-refractivity contribution in [3.8, 4) is 5.75 Å². The van der Waals surface area contributed by atoms with Gasteiger partial charge in [0.25, 0.3) is 5.91 Å². The quantitative estimate of drug-likeness (QED) is 0.872. The molecule has 1 aliphatic rings. The number of hydrogen-bond acceptors (Lipinski definition) is 3. The first-order valence-corrected chi connectivity index (χ1v) is 6.85. The largest absolute Gasteiger partial charge is 0.482 e. The lowest BCUT2D eigenvalue weighted by Crippen LogP contribution is -2.42. The summed E-state index contributed by atoms with van der Waals surface area (Å²) >= 11 is 5.91. The molecular weight excluding hydrogens is 282 g/mol. The third kappa shape index (κ3) is 3.63. The van der Waals surface area contributed by atoms with Crippen LogP contribution in [0.4, 0.5) is 0 Å². The van der Waals surface area contributed by atoms with E-state index in [1.807, 2.05) is 0 Å². The average molecular weight is 298 g/mol. The minimum absolute atomic E-state index is 0.174. The topological polar surface area (TPSA) is 75.6 Å². The zero-order valence-electron chi connectivity index (χ0n) is 10.8. The Kier molecular flexibility index (Phi) is 4.84. The fourth-order valence-electron chi connectivity index (χ4n) is 2.38. The Morgan fingerprint density at radius 2 is 2.10 bits per heavy atom. The van der Waals surface area contributed by atoms with Gasteiger partial charge in [-0.2, -0.15) is 0 Å². The van der Waals surface area contributed by atoms with Gasteiger partial charge in [-0.1, -0.05) is 30.2 Å². The van der Waals surface area contributed by atoms with Crippen LogP contribution in [0.15, 0.2) is 24.3 Å². The Hall–Kier alpha value is -1.75. The van der Waals surface area contributed by atoms with Crippen LogP contribution in [0.3, 0.4) is 0 Å². The summed E-state index contributed by atoms with van der Waals surface area (Å²) in [6.07, 6.45) is 2.10. The van der Waals surface area contributed by atoms with E-state index in [4.69, 9.17) is 21.4 Å². The molecule has 5 nitrogen and oxygen atoms in total. The lowest BCUT2D eigenvalue weighted by atomic mass is 10.0. The summed E-state index contributed by atoms with van der Waals surface area (Å²) in [4.78, 5) is 22.8. The van der Waals surface area contributed by atoms with Crippen LogP contribution in [-0.2, 0) is 9.59 Å². The van der Waals surface area contributed by atoms with E-state index >= 15 is 0 Å². The Balaban J connectivity index is 1.84. The van der Waals surface area contributed by atoms with Crippen molar-refractivity contribution in [3.05, 3.63) is 29.3 Å². The van der Waals surface area contributed by atoms with E-state index in [-0.39, 0.29) is 18.6 Å². The van der Waals surface area contributed by atoms with E-state index in [1.54, 1.807) is 24.3 Å². The molecule has 0 heterocycles. The predicted octanol–water partition coefficient (Wildman–Crippen LogP) is 2.09. The molecule has 20 heavy (non-hydrogen) atoms. The molecule has 0 aromatic heterocycles. The van der Waals surface area contributed by atoms with E-state index in [2.05, 4.69) is 5.32 Å². The number of amides is 1. The van der Waals surface area contributed by atoms with E-state index in [1.165, 1.54) is 0 Å². The number of carboxylic acids is 1. The van der Waals surface area contributed by atoms with E-state index in [0.717, 1.165) is 6.42 Å².